The molecule has 0 saturated heterocycles. The molecule has 0 radical (unpaired) electrons. The lowest BCUT2D eigenvalue weighted by Crippen LogP contribution is -2.33. The summed E-state index contributed by atoms with van der Waals surface area (Å²) in [4.78, 5) is 31.5. The topological polar surface area (TPSA) is 66.1 Å². The Hall–Kier alpha value is -1.65. The Bertz CT molecular complexity index is 421. The van der Waals surface area contributed by atoms with Crippen molar-refractivity contribution < 1.29 is 4.79 Å². The largest absolute Gasteiger partial charge is 0.343 e. The van der Waals surface area contributed by atoms with Gasteiger partial charge < -0.3 is 9.88 Å². The van der Waals surface area contributed by atoms with Crippen LogP contribution in [0.3, 0.4) is 0 Å². The Kier molecular flexibility index (Phi) is 4.22. The van der Waals surface area contributed by atoms with Crippen molar-refractivity contribution in [2.45, 2.75) is 27.2 Å². The number of likely N-dealkylation sites (N-methyl/N-ethyl adjacent to an activating group) is 1. The zero-order valence-corrected chi connectivity index (χ0v) is 9.91. The number of hydrogen-bond donors (Lipinski definition) is 1. The highest BCUT2D eigenvalue weighted by molar-refractivity contribution is 5.78. The molecular formula is C11H17N3O2. The van der Waals surface area contributed by atoms with E-state index >= 15 is 0 Å². The molecule has 88 valence electrons. The minimum Gasteiger partial charge on any atom is -0.343 e. The molecule has 1 N–H and O–H groups in total. The molecule has 0 aliphatic rings. The summed E-state index contributed by atoms with van der Waals surface area (Å²) in [7, 11) is 0. The molecular weight excluding hydrogens is 206 g/mol. The van der Waals surface area contributed by atoms with Gasteiger partial charge in [-0.25, -0.2) is 4.98 Å². The van der Waals surface area contributed by atoms with Gasteiger partial charge in [0.15, 0.2) is 0 Å². The fourth-order valence-corrected chi connectivity index (χ4v) is 1.49. The van der Waals surface area contributed by atoms with E-state index < -0.39 is 0 Å². The number of nitrogens with one attached hydrogen (secondary N) is 1. The molecule has 16 heavy (non-hydrogen) atoms. The van der Waals surface area contributed by atoms with Gasteiger partial charge in [0.25, 0.3) is 5.56 Å². The molecule has 0 aromatic carbocycles. The Labute approximate surface area is 94.5 Å². The second-order valence-corrected chi connectivity index (χ2v) is 3.57. The van der Waals surface area contributed by atoms with E-state index in [1.807, 2.05) is 13.8 Å². The second kappa shape index (κ2) is 5.44. The Morgan fingerprint density at radius 1 is 1.44 bits per heavy atom. The van der Waals surface area contributed by atoms with Gasteiger partial charge in [-0.1, -0.05) is 0 Å². The predicted octanol–water partition coefficient (Wildman–Crippen LogP) is 0.489. The zero-order valence-electron chi connectivity index (χ0n) is 9.91. The molecule has 1 heterocycles. The van der Waals surface area contributed by atoms with Crippen LogP contribution in [0.15, 0.2) is 11.0 Å². The maximum atomic E-state index is 11.8. The number of nitrogens with zero attached hydrogens (tertiary/aromatic N) is 2. The Morgan fingerprint density at radius 2 is 2.06 bits per heavy atom. The van der Waals surface area contributed by atoms with Gasteiger partial charge in [-0.15, -0.1) is 0 Å². The van der Waals surface area contributed by atoms with Crippen LogP contribution in [0.2, 0.25) is 0 Å². The van der Waals surface area contributed by atoms with Crippen LogP contribution in [0, 0.1) is 6.92 Å². The van der Waals surface area contributed by atoms with Crippen LogP contribution in [0.4, 0.5) is 0 Å². The van der Waals surface area contributed by atoms with Gasteiger partial charge in [0.1, 0.15) is 5.82 Å². The van der Waals surface area contributed by atoms with E-state index in [4.69, 9.17) is 0 Å². The predicted molar refractivity (Wildman–Crippen MR) is 61.2 cm³/mol. The third-order valence-electron chi connectivity index (χ3n) is 2.46. The Balaban J connectivity index is 2.81. The third kappa shape index (κ3) is 2.92. The van der Waals surface area contributed by atoms with Crippen molar-refractivity contribution in [1.29, 1.82) is 0 Å². The fraction of sp³-hybridized carbons (Fsp3) is 0.545. The summed E-state index contributed by atoms with van der Waals surface area (Å²) < 4.78 is 0. The summed E-state index contributed by atoms with van der Waals surface area (Å²) in [6, 6.07) is 0. The maximum absolute atomic E-state index is 11.8. The third-order valence-corrected chi connectivity index (χ3v) is 2.46. The van der Waals surface area contributed by atoms with Crippen LogP contribution in [0.25, 0.3) is 0 Å². The van der Waals surface area contributed by atoms with Gasteiger partial charge in [0, 0.05) is 24.8 Å². The summed E-state index contributed by atoms with van der Waals surface area (Å²) in [5.74, 6) is 0.519. The standard InChI is InChI=1S/C11H17N3O2/c1-4-14(5-2)10(15)6-9-7-12-8(3)13-11(9)16/h7H,4-6H2,1-3H3,(H,12,13,16). The summed E-state index contributed by atoms with van der Waals surface area (Å²) in [6.45, 7) is 6.86. The van der Waals surface area contributed by atoms with E-state index in [-0.39, 0.29) is 17.9 Å². The average Bonchev–Trinajstić information content (AvgIpc) is 2.24. The number of hydrogen-bond acceptors (Lipinski definition) is 3. The first kappa shape index (κ1) is 12.4. The average molecular weight is 223 g/mol. The highest BCUT2D eigenvalue weighted by atomic mass is 16.2. The van der Waals surface area contributed by atoms with Gasteiger partial charge in [0.05, 0.1) is 6.42 Å². The fourth-order valence-electron chi connectivity index (χ4n) is 1.49. The first-order valence-electron chi connectivity index (χ1n) is 5.41. The second-order valence-electron chi connectivity index (χ2n) is 3.57. The number of aromatic amines is 1. The molecule has 1 aromatic rings. The number of amides is 1. The SMILES string of the molecule is CCN(CC)C(=O)Cc1cnc(C)[nH]c1=O. The van der Waals surface area contributed by atoms with Crippen molar-refractivity contribution in [2.75, 3.05) is 13.1 Å². The van der Waals surface area contributed by atoms with E-state index in [1.54, 1.807) is 11.8 Å². The lowest BCUT2D eigenvalue weighted by molar-refractivity contribution is -0.130. The lowest BCUT2D eigenvalue weighted by Gasteiger charge is -2.18. The van der Waals surface area contributed by atoms with E-state index in [2.05, 4.69) is 9.97 Å². The van der Waals surface area contributed by atoms with Crippen LogP contribution in [0.1, 0.15) is 25.2 Å². The van der Waals surface area contributed by atoms with E-state index in [9.17, 15) is 9.59 Å². The smallest absolute Gasteiger partial charge is 0.254 e. The van der Waals surface area contributed by atoms with Crippen LogP contribution in [-0.2, 0) is 11.2 Å². The maximum Gasteiger partial charge on any atom is 0.254 e. The van der Waals surface area contributed by atoms with Gasteiger partial charge in [-0.2, -0.15) is 0 Å². The number of carbonyl (C=O) groups is 1. The van der Waals surface area contributed by atoms with Crippen molar-refractivity contribution in [1.82, 2.24) is 14.9 Å². The minimum absolute atomic E-state index is 0.0406. The normalized spacial score (nSPS) is 10.2. The highest BCUT2D eigenvalue weighted by Gasteiger charge is 2.12. The van der Waals surface area contributed by atoms with Gasteiger partial charge in [0.2, 0.25) is 5.91 Å². The first-order valence-corrected chi connectivity index (χ1v) is 5.41. The molecule has 0 aliphatic carbocycles. The van der Waals surface area contributed by atoms with E-state index in [0.717, 1.165) is 0 Å². The van der Waals surface area contributed by atoms with Gasteiger partial charge in [-0.05, 0) is 20.8 Å². The first-order chi connectivity index (χ1) is 7.58. The number of carbonyl (C=O) groups excluding carboxylic acids is 1. The zero-order chi connectivity index (χ0) is 12.1. The molecule has 1 aromatic heterocycles. The van der Waals surface area contributed by atoms with Crippen molar-refractivity contribution in [2.24, 2.45) is 0 Å². The molecule has 1 rings (SSSR count). The summed E-state index contributed by atoms with van der Waals surface area (Å²) in [6.07, 6.45) is 1.58. The van der Waals surface area contributed by atoms with Crippen molar-refractivity contribution >= 4 is 5.91 Å². The molecule has 0 aliphatic heterocycles. The molecule has 0 fully saturated rings. The molecule has 1 amide bonds. The highest BCUT2D eigenvalue weighted by Crippen LogP contribution is 1.97. The van der Waals surface area contributed by atoms with Crippen LogP contribution in [0.5, 0.6) is 0 Å². The number of aryl methyl sites for hydroxylation is 1. The Morgan fingerprint density at radius 3 is 2.56 bits per heavy atom. The number of aromatic nitrogens is 2. The van der Waals surface area contributed by atoms with Gasteiger partial charge in [-0.3, -0.25) is 9.59 Å². The molecule has 0 bridgehead atoms. The van der Waals surface area contributed by atoms with E-state index in [0.29, 0.717) is 24.5 Å². The monoisotopic (exact) mass is 223 g/mol. The number of H-pyrrole nitrogens is 1. The van der Waals surface area contributed by atoms with Crippen LogP contribution >= 0.6 is 0 Å². The van der Waals surface area contributed by atoms with Gasteiger partial charge >= 0.3 is 0 Å². The van der Waals surface area contributed by atoms with E-state index in [1.165, 1.54) is 6.20 Å². The van der Waals surface area contributed by atoms with Crippen molar-refractivity contribution in [3.8, 4) is 0 Å². The summed E-state index contributed by atoms with van der Waals surface area (Å²) >= 11 is 0. The van der Waals surface area contributed by atoms with Crippen molar-refractivity contribution in [3.05, 3.63) is 27.9 Å². The molecule has 5 heteroatoms. The molecule has 0 atom stereocenters. The minimum atomic E-state index is -0.229. The van der Waals surface area contributed by atoms with Crippen LogP contribution in [-0.4, -0.2) is 33.9 Å². The quantitative estimate of drug-likeness (QED) is 0.807. The van der Waals surface area contributed by atoms with Crippen LogP contribution < -0.4 is 5.56 Å². The lowest BCUT2D eigenvalue weighted by atomic mass is 10.2. The summed E-state index contributed by atoms with van der Waals surface area (Å²) in [5, 5.41) is 0. The number of rotatable bonds is 4. The summed E-state index contributed by atoms with van der Waals surface area (Å²) in [5.41, 5.74) is 0.190. The molecule has 0 spiro atoms. The van der Waals surface area contributed by atoms with Crippen molar-refractivity contribution in [3.63, 3.8) is 0 Å². The molecule has 5 nitrogen and oxygen atoms in total. The molecule has 0 saturated carbocycles. The molecule has 0 unspecified atom stereocenters.